The first-order chi connectivity index (χ1) is 4.20. The van der Waals surface area contributed by atoms with Crippen molar-refractivity contribution < 1.29 is 9.90 Å². The molecule has 0 saturated carbocycles. The number of alkyl halides is 1. The first-order valence-electron chi connectivity index (χ1n) is 2.51. The summed E-state index contributed by atoms with van der Waals surface area (Å²) in [5.41, 5.74) is 0. The Morgan fingerprint density at radius 3 is 2.56 bits per heavy atom. The highest BCUT2D eigenvalue weighted by Gasteiger charge is 2.08. The Morgan fingerprint density at radius 2 is 2.44 bits per heavy atom. The van der Waals surface area contributed by atoms with Crippen LogP contribution < -0.4 is 0 Å². The minimum absolute atomic E-state index is 0.0594. The summed E-state index contributed by atoms with van der Waals surface area (Å²) in [6.07, 6.45) is 2.01. The number of hydrogen-bond acceptors (Lipinski definition) is 2. The summed E-state index contributed by atoms with van der Waals surface area (Å²) in [4.78, 5) is 10.1. The van der Waals surface area contributed by atoms with Crippen LogP contribution in [0.5, 0.6) is 0 Å². The summed E-state index contributed by atoms with van der Waals surface area (Å²) in [6, 6.07) is 0. The minimum Gasteiger partial charge on any atom is -0.481 e. The molecule has 0 heterocycles. The molecular weight excluding hydrogens is 160 g/mol. The molecule has 54 valence electrons. The van der Waals surface area contributed by atoms with Crippen LogP contribution in [-0.2, 0) is 4.79 Å². The van der Waals surface area contributed by atoms with Crippen LogP contribution in [0.1, 0.15) is 6.42 Å². The molecule has 0 aliphatic rings. The lowest BCUT2D eigenvalue weighted by Gasteiger charge is -2.04. The average Bonchev–Trinajstić information content (AvgIpc) is 1.82. The van der Waals surface area contributed by atoms with Gasteiger partial charge in [-0.2, -0.15) is 11.8 Å². The minimum atomic E-state index is -0.782. The van der Waals surface area contributed by atoms with Crippen molar-refractivity contribution in [1.29, 1.82) is 0 Å². The van der Waals surface area contributed by atoms with Crippen molar-refractivity contribution in [2.75, 3.05) is 12.1 Å². The van der Waals surface area contributed by atoms with Crippen LogP contribution in [0.25, 0.3) is 0 Å². The van der Waals surface area contributed by atoms with Gasteiger partial charge in [-0.05, 0) is 6.26 Å². The number of carboxylic acid groups (broad SMARTS) is 1. The Balaban J connectivity index is 3.43. The van der Waals surface area contributed by atoms with Gasteiger partial charge in [0.1, 0.15) is 0 Å². The molecule has 0 fully saturated rings. The maximum atomic E-state index is 10.1. The van der Waals surface area contributed by atoms with Gasteiger partial charge < -0.3 is 5.11 Å². The lowest BCUT2D eigenvalue weighted by atomic mass is 10.3. The van der Waals surface area contributed by atoms with Gasteiger partial charge in [0.15, 0.2) is 0 Å². The van der Waals surface area contributed by atoms with E-state index in [4.69, 9.17) is 16.7 Å². The van der Waals surface area contributed by atoms with Gasteiger partial charge >= 0.3 is 5.97 Å². The van der Waals surface area contributed by atoms with Gasteiger partial charge in [0, 0.05) is 11.1 Å². The lowest BCUT2D eigenvalue weighted by molar-refractivity contribution is -0.136. The normalized spacial score (nSPS) is 13.1. The molecule has 1 atom stereocenters. The first-order valence-corrected chi connectivity index (χ1v) is 4.33. The van der Waals surface area contributed by atoms with E-state index >= 15 is 0 Å². The Labute approximate surface area is 63.6 Å². The van der Waals surface area contributed by atoms with Crippen LogP contribution in [0.3, 0.4) is 0 Å². The SMILES string of the molecule is CSC(CCl)CC(=O)O. The van der Waals surface area contributed by atoms with Crippen LogP contribution in [0.15, 0.2) is 0 Å². The zero-order valence-corrected chi connectivity index (χ0v) is 6.71. The molecule has 1 N–H and O–H groups in total. The molecule has 0 aromatic carbocycles. The van der Waals surface area contributed by atoms with Crippen molar-refractivity contribution in [2.24, 2.45) is 0 Å². The molecule has 0 bridgehead atoms. The highest BCUT2D eigenvalue weighted by molar-refractivity contribution is 7.99. The van der Waals surface area contributed by atoms with E-state index in [0.29, 0.717) is 5.88 Å². The topological polar surface area (TPSA) is 37.3 Å². The summed E-state index contributed by atoms with van der Waals surface area (Å²) < 4.78 is 0. The van der Waals surface area contributed by atoms with Crippen molar-refractivity contribution in [3.63, 3.8) is 0 Å². The fourth-order valence-electron chi connectivity index (χ4n) is 0.396. The molecule has 0 aromatic rings. The molecule has 0 radical (unpaired) electrons. The van der Waals surface area contributed by atoms with Gasteiger partial charge in [0.2, 0.25) is 0 Å². The van der Waals surface area contributed by atoms with Crippen molar-refractivity contribution >= 4 is 29.3 Å². The lowest BCUT2D eigenvalue weighted by Crippen LogP contribution is -2.10. The van der Waals surface area contributed by atoms with Crippen LogP contribution in [0.4, 0.5) is 0 Å². The molecular formula is C5H9ClO2S. The monoisotopic (exact) mass is 168 g/mol. The van der Waals surface area contributed by atoms with Gasteiger partial charge in [0.25, 0.3) is 0 Å². The molecule has 0 aliphatic heterocycles. The van der Waals surface area contributed by atoms with Gasteiger partial charge in [0.05, 0.1) is 6.42 Å². The summed E-state index contributed by atoms with van der Waals surface area (Å²) in [7, 11) is 0. The van der Waals surface area contributed by atoms with Gasteiger partial charge in [-0.15, -0.1) is 11.6 Å². The molecule has 9 heavy (non-hydrogen) atoms. The third kappa shape index (κ3) is 4.60. The van der Waals surface area contributed by atoms with Crippen LogP contribution in [-0.4, -0.2) is 28.5 Å². The second kappa shape index (κ2) is 4.94. The molecule has 0 saturated heterocycles. The van der Waals surface area contributed by atoms with E-state index in [0.717, 1.165) is 0 Å². The predicted octanol–water partition coefficient (Wildman–Crippen LogP) is 1.43. The fraction of sp³-hybridized carbons (Fsp3) is 0.800. The highest BCUT2D eigenvalue weighted by Crippen LogP contribution is 2.11. The van der Waals surface area contributed by atoms with E-state index in [1.54, 1.807) is 0 Å². The Hall–Kier alpha value is 0.110. The molecule has 0 amide bonds. The standard InChI is InChI=1S/C5H9ClO2S/c1-9-4(3-6)2-5(7)8/h4H,2-3H2,1H3,(H,7,8). The molecule has 2 nitrogen and oxygen atoms in total. The Morgan fingerprint density at radius 1 is 1.89 bits per heavy atom. The smallest absolute Gasteiger partial charge is 0.304 e. The van der Waals surface area contributed by atoms with Crippen LogP contribution >= 0.6 is 23.4 Å². The third-order valence-corrected chi connectivity index (χ3v) is 2.46. The van der Waals surface area contributed by atoms with E-state index < -0.39 is 5.97 Å². The Bertz CT molecular complexity index is 93.0. The van der Waals surface area contributed by atoms with Crippen molar-refractivity contribution in [2.45, 2.75) is 11.7 Å². The number of hydrogen-bond donors (Lipinski definition) is 1. The molecule has 1 unspecified atom stereocenters. The van der Waals surface area contributed by atoms with Crippen molar-refractivity contribution in [3.8, 4) is 0 Å². The van der Waals surface area contributed by atoms with E-state index in [2.05, 4.69) is 0 Å². The van der Waals surface area contributed by atoms with E-state index in [1.807, 2.05) is 6.26 Å². The summed E-state index contributed by atoms with van der Waals surface area (Å²) >= 11 is 6.91. The number of aliphatic carboxylic acids is 1. The maximum absolute atomic E-state index is 10.1. The van der Waals surface area contributed by atoms with E-state index in [9.17, 15) is 4.79 Å². The number of carboxylic acids is 1. The van der Waals surface area contributed by atoms with Crippen molar-refractivity contribution in [3.05, 3.63) is 0 Å². The summed E-state index contributed by atoms with van der Waals surface area (Å²) in [6.45, 7) is 0. The second-order valence-electron chi connectivity index (χ2n) is 1.61. The fourth-order valence-corrected chi connectivity index (χ4v) is 1.32. The quantitative estimate of drug-likeness (QED) is 0.646. The second-order valence-corrected chi connectivity index (χ2v) is 3.06. The molecule has 4 heteroatoms. The number of carbonyl (C=O) groups is 1. The van der Waals surface area contributed by atoms with Crippen LogP contribution in [0.2, 0.25) is 0 Å². The van der Waals surface area contributed by atoms with Crippen LogP contribution in [0, 0.1) is 0 Å². The highest BCUT2D eigenvalue weighted by atomic mass is 35.5. The molecule has 0 aliphatic carbocycles. The first kappa shape index (κ1) is 9.11. The predicted molar refractivity (Wildman–Crippen MR) is 40.3 cm³/mol. The Kier molecular flexibility index (Phi) is 5.00. The zero-order valence-electron chi connectivity index (χ0n) is 5.13. The van der Waals surface area contributed by atoms with Crippen molar-refractivity contribution in [1.82, 2.24) is 0 Å². The van der Waals surface area contributed by atoms with E-state index in [1.165, 1.54) is 11.8 Å². The van der Waals surface area contributed by atoms with Gasteiger partial charge in [-0.25, -0.2) is 0 Å². The molecule has 0 aromatic heterocycles. The number of thioether (sulfide) groups is 1. The van der Waals surface area contributed by atoms with E-state index in [-0.39, 0.29) is 11.7 Å². The van der Waals surface area contributed by atoms with Gasteiger partial charge in [-0.1, -0.05) is 0 Å². The largest absolute Gasteiger partial charge is 0.481 e. The number of halogens is 1. The summed E-state index contributed by atoms with van der Waals surface area (Å²) in [5.74, 6) is -0.372. The zero-order chi connectivity index (χ0) is 7.28. The third-order valence-electron chi connectivity index (χ3n) is 0.908. The molecule has 0 spiro atoms. The van der Waals surface area contributed by atoms with Gasteiger partial charge in [-0.3, -0.25) is 4.79 Å². The number of rotatable bonds is 4. The molecule has 0 rings (SSSR count). The maximum Gasteiger partial charge on any atom is 0.304 e. The summed E-state index contributed by atoms with van der Waals surface area (Å²) in [5, 5.41) is 8.33. The average molecular weight is 169 g/mol.